The van der Waals surface area contributed by atoms with E-state index in [0.717, 1.165) is 27.9 Å². The summed E-state index contributed by atoms with van der Waals surface area (Å²) in [5, 5.41) is 36.1. The minimum Gasteiger partial charge on any atom is -0.504 e. The summed E-state index contributed by atoms with van der Waals surface area (Å²) < 4.78 is 0. The number of benzene rings is 3. The van der Waals surface area contributed by atoms with Gasteiger partial charge in [-0.3, -0.25) is 4.79 Å². The average Bonchev–Trinajstić information content (AvgIpc) is 2.99. The minimum absolute atomic E-state index is 0.143. The quantitative estimate of drug-likeness (QED) is 0.152. The van der Waals surface area contributed by atoms with Gasteiger partial charge in [0, 0.05) is 54.8 Å². The highest BCUT2D eigenvalue weighted by Gasteiger charge is 2.26. The summed E-state index contributed by atoms with van der Waals surface area (Å²) in [5.41, 5.74) is 4.12. The number of anilines is 2. The number of allylic oxidation sites excluding steroid dienone is 1. The molecule has 4 aromatic rings. The van der Waals surface area contributed by atoms with E-state index >= 15 is 0 Å². The molecule has 0 atom stereocenters. The lowest BCUT2D eigenvalue weighted by Crippen LogP contribution is -2.19. The minimum atomic E-state index is -0.344. The Labute approximate surface area is 237 Å². The first-order chi connectivity index (χ1) is 19.4. The maximum absolute atomic E-state index is 12.3. The van der Waals surface area contributed by atoms with Crippen LogP contribution in [0.2, 0.25) is 0 Å². The van der Waals surface area contributed by atoms with E-state index in [9.17, 15) is 15.0 Å². The van der Waals surface area contributed by atoms with Gasteiger partial charge in [-0.15, -0.1) is 0 Å². The van der Waals surface area contributed by atoms with Gasteiger partial charge in [0.15, 0.2) is 5.75 Å². The van der Waals surface area contributed by atoms with Crippen LogP contribution < -0.4 is 15.5 Å². The van der Waals surface area contributed by atoms with Crippen molar-refractivity contribution in [1.29, 1.82) is 5.41 Å². The van der Waals surface area contributed by atoms with Gasteiger partial charge in [0.2, 0.25) is 5.88 Å². The van der Waals surface area contributed by atoms with Crippen molar-refractivity contribution >= 4 is 40.8 Å². The number of nitrogens with zero attached hydrogens (tertiary/aromatic N) is 2. The molecule has 1 aromatic heterocycles. The first-order valence-corrected chi connectivity index (χ1v) is 13.5. The summed E-state index contributed by atoms with van der Waals surface area (Å²) in [5.74, 6) is -0.655. The van der Waals surface area contributed by atoms with Gasteiger partial charge in [-0.1, -0.05) is 60.3 Å². The molecule has 0 saturated carbocycles. The molecular weight excluding hydrogens is 522 g/mol. The molecule has 204 valence electrons. The number of aromatic nitrogens is 1. The maximum Gasteiger partial charge on any atom is 0.251 e. The Morgan fingerprint density at radius 2 is 1.68 bits per heavy atom. The number of nitrogens with one attached hydrogen (secondary N) is 3. The third-order valence-electron chi connectivity index (χ3n) is 6.25. The Balaban J connectivity index is 1.79. The predicted octanol–water partition coefficient (Wildman–Crippen LogP) is 6.04. The summed E-state index contributed by atoms with van der Waals surface area (Å²) in [6.07, 6.45) is 2.72. The zero-order valence-electron chi connectivity index (χ0n) is 22.5. The van der Waals surface area contributed by atoms with E-state index in [1.54, 1.807) is 26.4 Å². The standard InChI is InChI=1S/C31H31N5O3S/c1-4-36(22-10-6-5-7-11-22)27-26(21(18-32)19-33-2)35-31(39)29(28(27)37)40-23-16-14-20(15-17-23)24-12-8-9-13-25(24)30(38)34-3/h5-19,32-33H,4H2,1-3H3,(H,34,38)(H2,35,37,39)/b21-19+,32-18?. The molecule has 0 aliphatic heterocycles. The van der Waals surface area contributed by atoms with E-state index in [1.807, 2.05) is 84.6 Å². The molecule has 4 rings (SSSR count). The number of hydrogen-bond donors (Lipinski definition) is 5. The van der Waals surface area contributed by atoms with E-state index in [0.29, 0.717) is 23.4 Å². The molecular formula is C31H31N5O3S. The van der Waals surface area contributed by atoms with Gasteiger partial charge in [-0.05, 0) is 48.4 Å². The fourth-order valence-corrected chi connectivity index (χ4v) is 5.22. The first-order valence-electron chi connectivity index (χ1n) is 12.7. The van der Waals surface area contributed by atoms with Crippen LogP contribution in [0.5, 0.6) is 11.6 Å². The lowest BCUT2D eigenvalue weighted by Gasteiger charge is -2.27. The van der Waals surface area contributed by atoms with E-state index in [4.69, 9.17) is 5.41 Å². The second kappa shape index (κ2) is 12.9. The molecule has 40 heavy (non-hydrogen) atoms. The molecule has 0 saturated heterocycles. The second-order valence-electron chi connectivity index (χ2n) is 8.67. The van der Waals surface area contributed by atoms with Crippen molar-refractivity contribution in [3.8, 4) is 22.8 Å². The van der Waals surface area contributed by atoms with Crippen LogP contribution in [0.3, 0.4) is 0 Å². The predicted molar refractivity (Wildman–Crippen MR) is 162 cm³/mol. The van der Waals surface area contributed by atoms with Crippen molar-refractivity contribution < 1.29 is 15.0 Å². The van der Waals surface area contributed by atoms with Crippen LogP contribution in [0.4, 0.5) is 11.4 Å². The molecule has 0 bridgehead atoms. The van der Waals surface area contributed by atoms with Crippen LogP contribution in [0, 0.1) is 5.41 Å². The Morgan fingerprint density at radius 1 is 1.00 bits per heavy atom. The topological polar surface area (TPSA) is 122 Å². The van der Waals surface area contributed by atoms with Crippen molar-refractivity contribution in [2.45, 2.75) is 16.7 Å². The fourth-order valence-electron chi connectivity index (χ4n) is 4.39. The molecule has 0 unspecified atom stereocenters. The summed E-state index contributed by atoms with van der Waals surface area (Å²) in [7, 11) is 3.31. The van der Waals surface area contributed by atoms with E-state index in [1.165, 1.54) is 11.8 Å². The van der Waals surface area contributed by atoms with Crippen LogP contribution in [0.1, 0.15) is 23.0 Å². The molecule has 9 heteroatoms. The van der Waals surface area contributed by atoms with Gasteiger partial charge < -0.3 is 31.2 Å². The number of carbonyl (C=O) groups is 1. The highest BCUT2D eigenvalue weighted by Crippen LogP contribution is 2.49. The van der Waals surface area contributed by atoms with Crippen molar-refractivity contribution in [3.05, 3.63) is 96.3 Å². The molecule has 3 aromatic carbocycles. The number of aromatic hydroxyl groups is 2. The van der Waals surface area contributed by atoms with Crippen LogP contribution >= 0.6 is 11.8 Å². The van der Waals surface area contributed by atoms with Gasteiger partial charge >= 0.3 is 0 Å². The lowest BCUT2D eigenvalue weighted by molar-refractivity contribution is 0.0963. The number of para-hydroxylation sites is 1. The Hall–Kier alpha value is -4.76. The highest BCUT2D eigenvalue weighted by molar-refractivity contribution is 7.99. The van der Waals surface area contributed by atoms with Crippen molar-refractivity contribution in [1.82, 2.24) is 15.6 Å². The number of carbonyl (C=O) groups excluding carboxylic acids is 1. The smallest absolute Gasteiger partial charge is 0.251 e. The first kappa shape index (κ1) is 28.3. The Bertz CT molecular complexity index is 1540. The van der Waals surface area contributed by atoms with Crippen molar-refractivity contribution in [2.75, 3.05) is 25.5 Å². The number of amides is 1. The monoisotopic (exact) mass is 553 g/mol. The van der Waals surface area contributed by atoms with E-state index < -0.39 is 0 Å². The summed E-state index contributed by atoms with van der Waals surface area (Å²) in [6, 6.07) is 24.5. The van der Waals surface area contributed by atoms with Crippen LogP contribution in [-0.2, 0) is 0 Å². The number of rotatable bonds is 10. The highest BCUT2D eigenvalue weighted by atomic mass is 32.2. The molecule has 8 nitrogen and oxygen atoms in total. The molecule has 0 aliphatic rings. The van der Waals surface area contributed by atoms with E-state index in [2.05, 4.69) is 15.6 Å². The molecule has 0 radical (unpaired) electrons. The van der Waals surface area contributed by atoms with Crippen molar-refractivity contribution in [3.63, 3.8) is 0 Å². The lowest BCUT2D eigenvalue weighted by atomic mass is 9.99. The molecule has 1 heterocycles. The van der Waals surface area contributed by atoms with Crippen molar-refractivity contribution in [2.24, 2.45) is 0 Å². The van der Waals surface area contributed by atoms with Crippen LogP contribution in [0.25, 0.3) is 16.7 Å². The summed E-state index contributed by atoms with van der Waals surface area (Å²) in [6.45, 7) is 2.46. The van der Waals surface area contributed by atoms with Gasteiger partial charge in [0.1, 0.15) is 16.3 Å². The van der Waals surface area contributed by atoms with Gasteiger partial charge in [0.05, 0.1) is 0 Å². The number of pyridine rings is 1. The second-order valence-corrected chi connectivity index (χ2v) is 9.76. The average molecular weight is 554 g/mol. The number of hydrogen-bond acceptors (Lipinski definition) is 8. The molecule has 0 aliphatic carbocycles. The normalized spacial score (nSPS) is 11.1. The third-order valence-corrected chi connectivity index (χ3v) is 7.34. The van der Waals surface area contributed by atoms with Gasteiger partial charge in [0.25, 0.3) is 5.91 Å². The van der Waals surface area contributed by atoms with Gasteiger partial charge in [-0.25, -0.2) is 4.98 Å². The van der Waals surface area contributed by atoms with Crippen LogP contribution in [0.15, 0.2) is 94.9 Å². The zero-order chi connectivity index (χ0) is 28.6. The molecule has 1 amide bonds. The largest absolute Gasteiger partial charge is 0.504 e. The zero-order valence-corrected chi connectivity index (χ0v) is 23.3. The Morgan fingerprint density at radius 3 is 2.30 bits per heavy atom. The summed E-state index contributed by atoms with van der Waals surface area (Å²) >= 11 is 1.18. The summed E-state index contributed by atoms with van der Waals surface area (Å²) in [4.78, 5) is 19.6. The van der Waals surface area contributed by atoms with Gasteiger partial charge in [-0.2, -0.15) is 0 Å². The SMILES string of the molecule is CCN(c1ccccc1)c1c(/C(C=N)=C/NC)nc(O)c(Sc2ccc(-c3ccccc3C(=O)NC)cc2)c1O. The maximum atomic E-state index is 12.3. The molecule has 5 N–H and O–H groups in total. The molecule has 0 spiro atoms. The third kappa shape index (κ3) is 5.79. The Kier molecular flexibility index (Phi) is 9.08. The fraction of sp³-hybridized carbons (Fsp3) is 0.129. The van der Waals surface area contributed by atoms with Crippen LogP contribution in [-0.4, -0.2) is 48.0 Å². The molecule has 0 fully saturated rings. The van der Waals surface area contributed by atoms with E-state index in [-0.39, 0.29) is 28.1 Å².